The Morgan fingerprint density at radius 2 is 2.22 bits per heavy atom. The number of nitrogens with one attached hydrogen (secondary N) is 1. The smallest absolute Gasteiger partial charge is 0.158 e. The average molecular weight is 269 g/mol. The normalized spacial score (nSPS) is 10.1. The van der Waals surface area contributed by atoms with Crippen LogP contribution in [0.4, 0.5) is 5.69 Å². The van der Waals surface area contributed by atoms with Crippen LogP contribution in [0.25, 0.3) is 0 Å². The Morgan fingerprint density at radius 3 is 2.94 bits per heavy atom. The molecule has 0 saturated carbocycles. The zero-order valence-corrected chi connectivity index (χ0v) is 11.6. The Bertz CT molecular complexity index is 371. The molecule has 18 heavy (non-hydrogen) atoms. The maximum absolute atomic E-state index is 11.0. The minimum absolute atomic E-state index is 0.112. The van der Waals surface area contributed by atoms with E-state index in [-0.39, 0.29) is 12.4 Å². The Kier molecular flexibility index (Phi) is 7.29. The predicted molar refractivity (Wildman–Crippen MR) is 75.2 cm³/mol. The van der Waals surface area contributed by atoms with Gasteiger partial charge in [-0.15, -0.1) is 0 Å². The molecule has 0 aromatic heterocycles. The quantitative estimate of drug-likeness (QED) is 0.552. The van der Waals surface area contributed by atoms with E-state index in [0.717, 1.165) is 11.4 Å². The van der Waals surface area contributed by atoms with E-state index in [4.69, 9.17) is 9.47 Å². The van der Waals surface area contributed by atoms with Crippen LogP contribution in [0.15, 0.2) is 24.3 Å². The molecule has 0 atom stereocenters. The van der Waals surface area contributed by atoms with Crippen LogP contribution in [0.3, 0.4) is 0 Å². The van der Waals surface area contributed by atoms with E-state index in [9.17, 15) is 4.79 Å². The molecule has 1 N–H and O–H groups in total. The number of benzene rings is 1. The van der Waals surface area contributed by atoms with Crippen molar-refractivity contribution in [2.45, 2.75) is 13.3 Å². The van der Waals surface area contributed by atoms with Crippen LogP contribution in [0.5, 0.6) is 5.75 Å². The number of Topliss-reactive ketones (excluding diaryl/α,β-unsaturated/α-hetero) is 1. The number of ketones is 1. The summed E-state index contributed by atoms with van der Waals surface area (Å²) in [4.78, 5) is 11.0. The van der Waals surface area contributed by atoms with Crippen LogP contribution < -0.4 is 9.46 Å². The van der Waals surface area contributed by atoms with Crippen LogP contribution in [-0.4, -0.2) is 31.9 Å². The Labute approximate surface area is 112 Å². The Balaban J connectivity index is 2.22. The van der Waals surface area contributed by atoms with Gasteiger partial charge in [0.05, 0.1) is 6.61 Å². The van der Waals surface area contributed by atoms with Gasteiger partial charge in [-0.05, 0) is 12.1 Å². The first-order chi connectivity index (χ1) is 8.76. The number of hydrogen-bond acceptors (Lipinski definition) is 5. The highest BCUT2D eigenvalue weighted by atomic mass is 32.2. The van der Waals surface area contributed by atoms with E-state index in [1.165, 1.54) is 11.9 Å². The van der Waals surface area contributed by atoms with Crippen LogP contribution in [-0.2, 0) is 9.53 Å². The van der Waals surface area contributed by atoms with E-state index >= 15 is 0 Å². The summed E-state index contributed by atoms with van der Waals surface area (Å²) in [6.45, 7) is 2.87. The van der Waals surface area contributed by atoms with Crippen molar-refractivity contribution in [2.75, 3.05) is 30.8 Å². The van der Waals surface area contributed by atoms with Gasteiger partial charge < -0.3 is 14.2 Å². The van der Waals surface area contributed by atoms with Crippen molar-refractivity contribution < 1.29 is 14.3 Å². The molecule has 0 aliphatic heterocycles. The molecule has 1 rings (SSSR count). The Morgan fingerprint density at radius 1 is 1.39 bits per heavy atom. The van der Waals surface area contributed by atoms with E-state index < -0.39 is 0 Å². The van der Waals surface area contributed by atoms with Crippen molar-refractivity contribution in [2.24, 2.45) is 0 Å². The molecule has 0 saturated heterocycles. The molecule has 0 spiro atoms. The molecule has 100 valence electrons. The van der Waals surface area contributed by atoms with E-state index in [1.807, 2.05) is 37.4 Å². The van der Waals surface area contributed by atoms with E-state index in [1.54, 1.807) is 0 Å². The average Bonchev–Trinajstić information content (AvgIpc) is 2.39. The van der Waals surface area contributed by atoms with Crippen LogP contribution >= 0.6 is 11.9 Å². The minimum atomic E-state index is 0.112. The fourth-order valence-corrected chi connectivity index (χ4v) is 1.64. The van der Waals surface area contributed by atoms with Gasteiger partial charge in [0.2, 0.25) is 0 Å². The third kappa shape index (κ3) is 5.93. The Hall–Kier alpha value is -1.20. The van der Waals surface area contributed by atoms with Gasteiger partial charge in [-0.3, -0.25) is 4.79 Å². The third-order valence-electron chi connectivity index (χ3n) is 2.21. The highest BCUT2D eigenvalue weighted by Gasteiger charge is 1.99. The summed E-state index contributed by atoms with van der Waals surface area (Å²) in [6, 6.07) is 7.71. The van der Waals surface area contributed by atoms with Crippen molar-refractivity contribution in [1.29, 1.82) is 0 Å². The number of hydrogen-bond donors (Lipinski definition) is 1. The second-order valence-electron chi connectivity index (χ2n) is 3.63. The zero-order chi connectivity index (χ0) is 13.2. The standard InChI is InChI=1S/C13H19NO3S/c1-3-12(15)10-16-7-8-17-13-6-4-5-11(9-13)14-18-2/h4-6,9,14H,3,7-8,10H2,1-2H3. The maximum Gasteiger partial charge on any atom is 0.158 e. The SMILES string of the molecule is CCC(=O)COCCOc1cccc(NSC)c1. The highest BCUT2D eigenvalue weighted by molar-refractivity contribution is 7.99. The number of carbonyl (C=O) groups excluding carboxylic acids is 1. The molecule has 1 aromatic carbocycles. The number of carbonyl (C=O) groups is 1. The molecule has 0 aliphatic carbocycles. The molecule has 0 radical (unpaired) electrons. The van der Waals surface area contributed by atoms with Crippen molar-refractivity contribution in [3.05, 3.63) is 24.3 Å². The molecule has 0 fully saturated rings. The zero-order valence-electron chi connectivity index (χ0n) is 10.8. The van der Waals surface area contributed by atoms with Gasteiger partial charge in [-0.25, -0.2) is 0 Å². The summed E-state index contributed by atoms with van der Waals surface area (Å²) in [7, 11) is 0. The summed E-state index contributed by atoms with van der Waals surface area (Å²) in [6.07, 6.45) is 2.48. The fourth-order valence-electron chi connectivity index (χ4n) is 1.27. The van der Waals surface area contributed by atoms with Crippen LogP contribution in [0, 0.1) is 0 Å². The summed E-state index contributed by atoms with van der Waals surface area (Å²) < 4.78 is 13.8. The summed E-state index contributed by atoms with van der Waals surface area (Å²) in [5.74, 6) is 0.903. The molecule has 5 heteroatoms. The first-order valence-electron chi connectivity index (χ1n) is 5.87. The lowest BCUT2D eigenvalue weighted by Crippen LogP contribution is -2.12. The van der Waals surface area contributed by atoms with Crippen molar-refractivity contribution in [3.63, 3.8) is 0 Å². The third-order valence-corrected chi connectivity index (χ3v) is 2.65. The largest absolute Gasteiger partial charge is 0.491 e. The molecule has 0 unspecified atom stereocenters. The lowest BCUT2D eigenvalue weighted by atomic mass is 10.3. The van der Waals surface area contributed by atoms with E-state index in [2.05, 4.69) is 4.72 Å². The molecule has 0 amide bonds. The second kappa shape index (κ2) is 8.83. The number of ether oxygens (including phenoxy) is 2. The van der Waals surface area contributed by atoms with Gasteiger partial charge in [0.25, 0.3) is 0 Å². The van der Waals surface area contributed by atoms with Crippen LogP contribution in [0.2, 0.25) is 0 Å². The predicted octanol–water partition coefficient (Wildman–Crippen LogP) is 2.75. The highest BCUT2D eigenvalue weighted by Crippen LogP contribution is 2.18. The molecule has 0 heterocycles. The van der Waals surface area contributed by atoms with Crippen LogP contribution in [0.1, 0.15) is 13.3 Å². The fraction of sp³-hybridized carbons (Fsp3) is 0.462. The number of rotatable bonds is 9. The first-order valence-corrected chi connectivity index (χ1v) is 7.10. The molecule has 1 aromatic rings. The van der Waals surface area contributed by atoms with Gasteiger partial charge in [0.15, 0.2) is 5.78 Å². The maximum atomic E-state index is 11.0. The molecule has 0 aliphatic rings. The van der Waals surface area contributed by atoms with Gasteiger partial charge in [0.1, 0.15) is 19.0 Å². The van der Waals surface area contributed by atoms with Gasteiger partial charge in [-0.2, -0.15) is 0 Å². The second-order valence-corrected chi connectivity index (χ2v) is 4.24. The summed E-state index contributed by atoms with van der Waals surface area (Å²) >= 11 is 1.53. The molecular formula is C13H19NO3S. The summed E-state index contributed by atoms with van der Waals surface area (Å²) in [5, 5.41) is 0. The lowest BCUT2D eigenvalue weighted by molar-refractivity contribution is -0.123. The van der Waals surface area contributed by atoms with Gasteiger partial charge in [-0.1, -0.05) is 24.9 Å². The monoisotopic (exact) mass is 269 g/mol. The van der Waals surface area contributed by atoms with Gasteiger partial charge >= 0.3 is 0 Å². The van der Waals surface area contributed by atoms with Gasteiger partial charge in [0, 0.05) is 24.4 Å². The molecule has 0 bridgehead atoms. The molecular weight excluding hydrogens is 250 g/mol. The first kappa shape index (κ1) is 14.9. The van der Waals surface area contributed by atoms with E-state index in [0.29, 0.717) is 19.6 Å². The number of anilines is 1. The van der Waals surface area contributed by atoms with Crippen molar-refractivity contribution in [1.82, 2.24) is 0 Å². The lowest BCUT2D eigenvalue weighted by Gasteiger charge is -2.08. The minimum Gasteiger partial charge on any atom is -0.491 e. The summed E-state index contributed by atoms with van der Waals surface area (Å²) in [5.41, 5.74) is 1.00. The van der Waals surface area contributed by atoms with Crippen molar-refractivity contribution in [3.8, 4) is 5.75 Å². The topological polar surface area (TPSA) is 47.6 Å². The van der Waals surface area contributed by atoms with Crippen molar-refractivity contribution >= 4 is 23.4 Å². The molecule has 4 nitrogen and oxygen atoms in total.